The van der Waals surface area contributed by atoms with E-state index < -0.39 is 0 Å². The van der Waals surface area contributed by atoms with Crippen LogP contribution in [0.4, 0.5) is 9.52 Å². The normalized spacial score (nSPS) is 16.3. The van der Waals surface area contributed by atoms with Gasteiger partial charge in [-0.25, -0.2) is 9.37 Å². The first-order chi connectivity index (χ1) is 14.1. The summed E-state index contributed by atoms with van der Waals surface area (Å²) in [4.78, 5) is 19.6. The van der Waals surface area contributed by atoms with Gasteiger partial charge < -0.3 is 9.47 Å². The molecule has 2 aromatic carbocycles. The number of amides is 1. The van der Waals surface area contributed by atoms with Crippen LogP contribution >= 0.6 is 11.3 Å². The maximum Gasteiger partial charge on any atom is 0.233 e. The fraction of sp³-hybridized carbons (Fsp3) is 0.364. The Balaban J connectivity index is 1.64. The summed E-state index contributed by atoms with van der Waals surface area (Å²) in [5.74, 6) is 0.326. The van der Waals surface area contributed by atoms with Gasteiger partial charge in [0.1, 0.15) is 17.1 Å². The molecule has 1 amide bonds. The second-order valence-electron chi connectivity index (χ2n) is 6.97. The Labute approximate surface area is 173 Å². The van der Waals surface area contributed by atoms with Crippen molar-refractivity contribution in [2.75, 3.05) is 24.7 Å². The van der Waals surface area contributed by atoms with E-state index in [1.165, 1.54) is 23.5 Å². The number of rotatable bonds is 7. The van der Waals surface area contributed by atoms with E-state index in [0.29, 0.717) is 18.3 Å². The summed E-state index contributed by atoms with van der Waals surface area (Å²) in [6, 6.07) is 11.8. The Kier molecular flexibility index (Phi) is 6.06. The van der Waals surface area contributed by atoms with Crippen LogP contribution in [-0.2, 0) is 16.0 Å². The Bertz CT molecular complexity index is 983. The number of anilines is 1. The van der Waals surface area contributed by atoms with E-state index in [1.54, 1.807) is 17.0 Å². The lowest BCUT2D eigenvalue weighted by atomic mass is 10.1. The van der Waals surface area contributed by atoms with E-state index in [4.69, 9.17) is 14.5 Å². The van der Waals surface area contributed by atoms with Crippen molar-refractivity contribution < 1.29 is 18.7 Å². The molecule has 1 saturated heterocycles. The van der Waals surface area contributed by atoms with Crippen molar-refractivity contribution in [3.8, 4) is 5.75 Å². The first-order valence-corrected chi connectivity index (χ1v) is 10.6. The van der Waals surface area contributed by atoms with Crippen LogP contribution in [0.1, 0.15) is 25.3 Å². The molecule has 0 spiro atoms. The van der Waals surface area contributed by atoms with Gasteiger partial charge in [-0.3, -0.25) is 9.69 Å². The molecule has 1 aliphatic rings. The number of hydrogen-bond acceptors (Lipinski definition) is 5. The standard InChI is InChI=1S/C22H23FN2O3S/c1-2-27-18-6-3-7-19-21(18)24-22(29-19)25(14-17-5-4-12-28-17)20(26)13-15-8-10-16(23)11-9-15/h3,6-11,17H,2,4-5,12-14H2,1H3. The fourth-order valence-corrected chi connectivity index (χ4v) is 4.46. The highest BCUT2D eigenvalue weighted by molar-refractivity contribution is 7.22. The minimum atomic E-state index is -0.313. The van der Waals surface area contributed by atoms with E-state index in [-0.39, 0.29) is 24.2 Å². The third-order valence-corrected chi connectivity index (χ3v) is 5.92. The van der Waals surface area contributed by atoms with Crippen LogP contribution in [0.15, 0.2) is 42.5 Å². The lowest BCUT2D eigenvalue weighted by Crippen LogP contribution is -2.38. The van der Waals surface area contributed by atoms with E-state index in [1.807, 2.05) is 25.1 Å². The molecule has 29 heavy (non-hydrogen) atoms. The van der Waals surface area contributed by atoms with Crippen LogP contribution in [0.5, 0.6) is 5.75 Å². The molecule has 0 N–H and O–H groups in total. The van der Waals surface area contributed by atoms with Crippen molar-refractivity contribution >= 4 is 32.6 Å². The highest BCUT2D eigenvalue weighted by Crippen LogP contribution is 2.35. The van der Waals surface area contributed by atoms with Crippen molar-refractivity contribution in [3.63, 3.8) is 0 Å². The minimum absolute atomic E-state index is 0.00513. The van der Waals surface area contributed by atoms with Crippen LogP contribution in [0.3, 0.4) is 0 Å². The average Bonchev–Trinajstić information content (AvgIpc) is 3.38. The molecule has 3 aromatic rings. The number of aromatic nitrogens is 1. The average molecular weight is 415 g/mol. The van der Waals surface area contributed by atoms with E-state index >= 15 is 0 Å². The molecule has 2 heterocycles. The zero-order valence-electron chi connectivity index (χ0n) is 16.3. The predicted octanol–water partition coefficient (Wildman–Crippen LogP) is 4.59. The van der Waals surface area contributed by atoms with E-state index in [2.05, 4.69) is 0 Å². The highest BCUT2D eigenvalue weighted by Gasteiger charge is 2.26. The Morgan fingerprint density at radius 3 is 2.86 bits per heavy atom. The highest BCUT2D eigenvalue weighted by atomic mass is 32.1. The Hall–Kier alpha value is -2.51. The number of halogens is 1. The molecule has 1 aromatic heterocycles. The van der Waals surface area contributed by atoms with Gasteiger partial charge in [0.2, 0.25) is 5.91 Å². The summed E-state index contributed by atoms with van der Waals surface area (Å²) >= 11 is 1.47. The summed E-state index contributed by atoms with van der Waals surface area (Å²) in [5.41, 5.74) is 1.53. The number of benzene rings is 2. The zero-order chi connectivity index (χ0) is 20.2. The molecule has 5 nitrogen and oxygen atoms in total. The summed E-state index contributed by atoms with van der Waals surface area (Å²) in [5, 5.41) is 0.634. The first-order valence-electron chi connectivity index (χ1n) is 9.83. The first kappa shape index (κ1) is 19.8. The van der Waals surface area contributed by atoms with E-state index in [0.717, 1.165) is 41.0 Å². The zero-order valence-corrected chi connectivity index (χ0v) is 17.1. The SMILES string of the molecule is CCOc1cccc2sc(N(CC3CCCO3)C(=O)Cc3ccc(F)cc3)nc12. The van der Waals surface area contributed by atoms with Crippen molar-refractivity contribution in [3.05, 3.63) is 53.8 Å². The molecule has 0 radical (unpaired) electrons. The van der Waals surface area contributed by atoms with Gasteiger partial charge in [0.15, 0.2) is 5.13 Å². The van der Waals surface area contributed by atoms with Gasteiger partial charge in [0.05, 0.1) is 30.4 Å². The third-order valence-electron chi connectivity index (χ3n) is 4.88. The third kappa shape index (κ3) is 4.57. The van der Waals surface area contributed by atoms with Crippen LogP contribution in [0, 0.1) is 5.82 Å². The van der Waals surface area contributed by atoms with Crippen LogP contribution in [-0.4, -0.2) is 36.8 Å². The molecule has 1 aliphatic heterocycles. The maximum absolute atomic E-state index is 13.2. The van der Waals surface area contributed by atoms with Crippen molar-refractivity contribution in [2.45, 2.75) is 32.3 Å². The second kappa shape index (κ2) is 8.88. The Morgan fingerprint density at radius 2 is 2.14 bits per heavy atom. The fourth-order valence-electron chi connectivity index (χ4n) is 3.45. The lowest BCUT2D eigenvalue weighted by molar-refractivity contribution is -0.118. The molecule has 1 fully saturated rings. The molecular formula is C22H23FN2O3S. The van der Waals surface area contributed by atoms with Gasteiger partial charge in [0, 0.05) is 6.61 Å². The smallest absolute Gasteiger partial charge is 0.233 e. The largest absolute Gasteiger partial charge is 0.492 e. The van der Waals surface area contributed by atoms with Crippen molar-refractivity contribution in [1.29, 1.82) is 0 Å². The maximum atomic E-state index is 13.2. The topological polar surface area (TPSA) is 51.7 Å². The summed E-state index contributed by atoms with van der Waals surface area (Å²) < 4.78 is 25.6. The number of ether oxygens (including phenoxy) is 2. The minimum Gasteiger partial charge on any atom is -0.492 e. The number of thiazole rings is 1. The van der Waals surface area contributed by atoms with Crippen LogP contribution in [0.25, 0.3) is 10.2 Å². The molecule has 0 saturated carbocycles. The molecular weight excluding hydrogens is 391 g/mol. The van der Waals surface area contributed by atoms with Gasteiger partial charge in [-0.05, 0) is 49.6 Å². The number of carbonyl (C=O) groups is 1. The molecule has 1 unspecified atom stereocenters. The number of fused-ring (bicyclic) bond motifs is 1. The number of para-hydroxylation sites is 1. The van der Waals surface area contributed by atoms with Gasteiger partial charge in [0.25, 0.3) is 0 Å². The number of nitrogens with zero attached hydrogens (tertiary/aromatic N) is 2. The quantitative estimate of drug-likeness (QED) is 0.568. The van der Waals surface area contributed by atoms with Gasteiger partial charge in [-0.1, -0.05) is 29.5 Å². The summed E-state index contributed by atoms with van der Waals surface area (Å²) in [6.07, 6.45) is 2.11. The summed E-state index contributed by atoms with van der Waals surface area (Å²) in [7, 11) is 0. The van der Waals surface area contributed by atoms with Gasteiger partial charge in [-0.2, -0.15) is 0 Å². The van der Waals surface area contributed by atoms with Gasteiger partial charge in [-0.15, -0.1) is 0 Å². The molecule has 152 valence electrons. The predicted molar refractivity (Wildman–Crippen MR) is 112 cm³/mol. The Morgan fingerprint density at radius 1 is 1.31 bits per heavy atom. The number of carbonyl (C=O) groups excluding carboxylic acids is 1. The van der Waals surface area contributed by atoms with Crippen molar-refractivity contribution in [2.24, 2.45) is 0 Å². The van der Waals surface area contributed by atoms with Crippen molar-refractivity contribution in [1.82, 2.24) is 4.98 Å². The molecule has 7 heteroatoms. The molecule has 0 aliphatic carbocycles. The second-order valence-corrected chi connectivity index (χ2v) is 7.98. The van der Waals surface area contributed by atoms with E-state index in [9.17, 15) is 9.18 Å². The van der Waals surface area contributed by atoms with Crippen LogP contribution in [0.2, 0.25) is 0 Å². The molecule has 0 bridgehead atoms. The van der Waals surface area contributed by atoms with Crippen LogP contribution < -0.4 is 9.64 Å². The molecule has 4 rings (SSSR count). The monoisotopic (exact) mass is 414 g/mol. The van der Waals surface area contributed by atoms with Gasteiger partial charge >= 0.3 is 0 Å². The summed E-state index contributed by atoms with van der Waals surface area (Å²) in [6.45, 7) is 3.67. The number of hydrogen-bond donors (Lipinski definition) is 0. The molecule has 1 atom stereocenters. The lowest BCUT2D eigenvalue weighted by Gasteiger charge is -2.23.